The van der Waals surface area contributed by atoms with E-state index in [1.165, 1.54) is 23.1 Å². The molecule has 9 nitrogen and oxygen atoms in total. The van der Waals surface area contributed by atoms with Crippen molar-refractivity contribution < 1.29 is 18.1 Å². The molecule has 0 radical (unpaired) electrons. The molecule has 0 bridgehead atoms. The number of aromatic nitrogens is 2. The van der Waals surface area contributed by atoms with Gasteiger partial charge in [-0.15, -0.1) is 0 Å². The summed E-state index contributed by atoms with van der Waals surface area (Å²) in [5, 5.41) is 15.0. The number of nitrogens with zero attached hydrogens (tertiary/aromatic N) is 3. The van der Waals surface area contributed by atoms with Crippen LogP contribution in [-0.4, -0.2) is 36.8 Å². The second-order valence-corrected chi connectivity index (χ2v) is 6.88. The van der Waals surface area contributed by atoms with Crippen LogP contribution in [0.2, 0.25) is 0 Å². The summed E-state index contributed by atoms with van der Waals surface area (Å²) in [7, 11) is -2.41. The molecule has 2 rings (SSSR count). The number of methoxy groups -OCH3 is 1. The fourth-order valence-corrected chi connectivity index (χ4v) is 3.49. The Bertz CT molecular complexity index is 860. The molecule has 2 aromatic rings. The SMILES string of the molecule is COCCn1cc(NS(=O)(=O)c2cc([N+](=O)[O-])cc(C)c2C)cn1. The predicted octanol–water partition coefficient (Wildman–Crippen LogP) is 1.86. The maximum atomic E-state index is 12.6. The van der Waals surface area contributed by atoms with Crippen molar-refractivity contribution >= 4 is 21.4 Å². The molecule has 0 atom stereocenters. The molecule has 0 unspecified atom stereocenters. The van der Waals surface area contributed by atoms with E-state index < -0.39 is 14.9 Å². The maximum absolute atomic E-state index is 12.6. The number of ether oxygens (including phenoxy) is 1. The number of sulfonamides is 1. The molecule has 0 saturated heterocycles. The van der Waals surface area contributed by atoms with Crippen LogP contribution in [0.4, 0.5) is 11.4 Å². The molecule has 1 aromatic heterocycles. The number of rotatable bonds is 7. The quantitative estimate of drug-likeness (QED) is 0.599. The predicted molar refractivity (Wildman–Crippen MR) is 87.5 cm³/mol. The molecule has 0 fully saturated rings. The number of hydrogen-bond acceptors (Lipinski definition) is 6. The summed E-state index contributed by atoms with van der Waals surface area (Å²) in [4.78, 5) is 10.2. The lowest BCUT2D eigenvalue weighted by atomic mass is 10.1. The minimum absolute atomic E-state index is 0.126. The first-order chi connectivity index (χ1) is 11.2. The van der Waals surface area contributed by atoms with E-state index >= 15 is 0 Å². The number of benzene rings is 1. The van der Waals surface area contributed by atoms with Crippen molar-refractivity contribution in [2.75, 3.05) is 18.4 Å². The zero-order valence-corrected chi connectivity index (χ0v) is 14.3. The Hall–Kier alpha value is -2.46. The summed E-state index contributed by atoms with van der Waals surface area (Å²) in [6.45, 7) is 4.16. The van der Waals surface area contributed by atoms with Crippen LogP contribution in [0.3, 0.4) is 0 Å². The molecule has 0 aliphatic carbocycles. The highest BCUT2D eigenvalue weighted by molar-refractivity contribution is 7.92. The zero-order valence-electron chi connectivity index (χ0n) is 13.5. The van der Waals surface area contributed by atoms with Gasteiger partial charge in [0, 0.05) is 25.4 Å². The Morgan fingerprint density at radius 3 is 2.71 bits per heavy atom. The molecule has 10 heteroatoms. The second-order valence-electron chi connectivity index (χ2n) is 5.23. The number of nitro benzene ring substituents is 1. The average molecular weight is 354 g/mol. The van der Waals surface area contributed by atoms with Crippen molar-refractivity contribution in [3.63, 3.8) is 0 Å². The highest BCUT2D eigenvalue weighted by atomic mass is 32.2. The average Bonchev–Trinajstić information content (AvgIpc) is 2.93. The Morgan fingerprint density at radius 2 is 2.08 bits per heavy atom. The van der Waals surface area contributed by atoms with Crippen LogP contribution < -0.4 is 4.72 Å². The van der Waals surface area contributed by atoms with E-state index in [0.717, 1.165) is 6.07 Å². The van der Waals surface area contributed by atoms with Crippen LogP contribution in [0.5, 0.6) is 0 Å². The summed E-state index contributed by atoms with van der Waals surface area (Å²) in [5.74, 6) is 0. The number of aryl methyl sites for hydroxylation is 1. The van der Waals surface area contributed by atoms with Crippen LogP contribution in [0.15, 0.2) is 29.4 Å². The van der Waals surface area contributed by atoms with Crippen molar-refractivity contribution in [3.05, 3.63) is 45.8 Å². The lowest BCUT2D eigenvalue weighted by Crippen LogP contribution is -2.15. The van der Waals surface area contributed by atoms with Gasteiger partial charge >= 0.3 is 0 Å². The Labute approximate surface area is 139 Å². The van der Waals surface area contributed by atoms with Gasteiger partial charge in [-0.25, -0.2) is 8.42 Å². The zero-order chi connectivity index (χ0) is 17.9. The van der Waals surface area contributed by atoms with E-state index in [1.54, 1.807) is 21.0 Å². The standard InChI is InChI=1S/C14H18N4O5S/c1-10-6-13(18(19)20)7-14(11(10)2)24(21,22)16-12-8-15-17(9-12)4-5-23-3/h6-9,16H,4-5H2,1-3H3. The molecule has 0 aliphatic heterocycles. The van der Waals surface area contributed by atoms with Crippen LogP contribution in [-0.2, 0) is 21.3 Å². The molecule has 24 heavy (non-hydrogen) atoms. The van der Waals surface area contributed by atoms with Crippen molar-refractivity contribution in [1.29, 1.82) is 0 Å². The summed E-state index contributed by atoms with van der Waals surface area (Å²) in [6, 6.07) is 2.40. The van der Waals surface area contributed by atoms with Gasteiger partial charge in [0.25, 0.3) is 15.7 Å². The van der Waals surface area contributed by atoms with Gasteiger partial charge in [-0.1, -0.05) is 0 Å². The topological polar surface area (TPSA) is 116 Å². The van der Waals surface area contributed by atoms with Gasteiger partial charge < -0.3 is 4.74 Å². The molecule has 0 aliphatic rings. The van der Waals surface area contributed by atoms with Crippen molar-refractivity contribution in [2.45, 2.75) is 25.3 Å². The van der Waals surface area contributed by atoms with Gasteiger partial charge in [0.15, 0.2) is 0 Å². The minimum Gasteiger partial charge on any atom is -0.383 e. The number of nitrogens with one attached hydrogen (secondary N) is 1. The minimum atomic E-state index is -3.97. The first-order valence-corrected chi connectivity index (χ1v) is 8.53. The van der Waals surface area contributed by atoms with Gasteiger partial charge in [-0.3, -0.25) is 19.5 Å². The van der Waals surface area contributed by atoms with Crippen molar-refractivity contribution in [2.24, 2.45) is 0 Å². The summed E-state index contributed by atoms with van der Waals surface area (Å²) < 4.78 is 34.0. The van der Waals surface area contributed by atoms with E-state index in [-0.39, 0.29) is 16.3 Å². The highest BCUT2D eigenvalue weighted by Crippen LogP contribution is 2.26. The van der Waals surface area contributed by atoms with Crippen LogP contribution in [0.25, 0.3) is 0 Å². The van der Waals surface area contributed by atoms with Crippen LogP contribution in [0, 0.1) is 24.0 Å². The first-order valence-electron chi connectivity index (χ1n) is 7.04. The Morgan fingerprint density at radius 1 is 1.38 bits per heavy atom. The largest absolute Gasteiger partial charge is 0.383 e. The van der Waals surface area contributed by atoms with Gasteiger partial charge in [0.05, 0.1) is 34.9 Å². The van der Waals surface area contributed by atoms with Crippen molar-refractivity contribution in [3.8, 4) is 0 Å². The fraction of sp³-hybridized carbons (Fsp3) is 0.357. The van der Waals surface area contributed by atoms with Crippen LogP contribution >= 0.6 is 0 Å². The lowest BCUT2D eigenvalue weighted by molar-refractivity contribution is -0.385. The Kier molecular flexibility index (Phi) is 5.20. The number of nitro groups is 1. The third-order valence-electron chi connectivity index (χ3n) is 3.51. The third kappa shape index (κ3) is 3.89. The molecular weight excluding hydrogens is 336 g/mol. The lowest BCUT2D eigenvalue weighted by Gasteiger charge is -2.10. The highest BCUT2D eigenvalue weighted by Gasteiger charge is 2.23. The van der Waals surface area contributed by atoms with Gasteiger partial charge in [0.1, 0.15) is 0 Å². The molecule has 1 aromatic carbocycles. The van der Waals surface area contributed by atoms with E-state index in [2.05, 4.69) is 9.82 Å². The molecule has 0 amide bonds. The van der Waals surface area contributed by atoms with Gasteiger partial charge in [-0.05, 0) is 25.0 Å². The molecule has 1 N–H and O–H groups in total. The van der Waals surface area contributed by atoms with Crippen LogP contribution in [0.1, 0.15) is 11.1 Å². The Balaban J connectivity index is 2.33. The van der Waals surface area contributed by atoms with E-state index in [1.807, 2.05) is 0 Å². The van der Waals surface area contributed by atoms with E-state index in [9.17, 15) is 18.5 Å². The number of non-ortho nitro benzene ring substituents is 1. The smallest absolute Gasteiger partial charge is 0.271 e. The molecule has 0 spiro atoms. The van der Waals surface area contributed by atoms with Gasteiger partial charge in [0.2, 0.25) is 0 Å². The van der Waals surface area contributed by atoms with E-state index in [4.69, 9.17) is 4.74 Å². The van der Waals surface area contributed by atoms with Crippen molar-refractivity contribution in [1.82, 2.24) is 9.78 Å². The second kappa shape index (κ2) is 6.97. The first kappa shape index (κ1) is 17.9. The maximum Gasteiger partial charge on any atom is 0.271 e. The fourth-order valence-electron chi connectivity index (χ4n) is 2.13. The third-order valence-corrected chi connectivity index (χ3v) is 5.02. The number of anilines is 1. The summed E-state index contributed by atoms with van der Waals surface area (Å²) >= 11 is 0. The van der Waals surface area contributed by atoms with E-state index in [0.29, 0.717) is 24.3 Å². The molecule has 130 valence electrons. The summed E-state index contributed by atoms with van der Waals surface area (Å²) in [5.41, 5.74) is 0.990. The summed E-state index contributed by atoms with van der Waals surface area (Å²) in [6.07, 6.45) is 2.89. The van der Waals surface area contributed by atoms with Gasteiger partial charge in [-0.2, -0.15) is 5.10 Å². The molecular formula is C14H18N4O5S. The molecule has 0 saturated carbocycles. The molecule has 1 heterocycles. The normalized spacial score (nSPS) is 11.5. The number of hydrogen-bond donors (Lipinski definition) is 1. The monoisotopic (exact) mass is 354 g/mol.